The summed E-state index contributed by atoms with van der Waals surface area (Å²) in [4.78, 5) is 37.0. The Balaban J connectivity index is 1.56. The molecule has 0 aromatic heterocycles. The largest absolute Gasteiger partial charge is 0.365 e. The van der Waals surface area contributed by atoms with Crippen molar-refractivity contribution in [1.29, 1.82) is 0 Å². The van der Waals surface area contributed by atoms with Gasteiger partial charge >= 0.3 is 0 Å². The predicted octanol–water partition coefficient (Wildman–Crippen LogP) is 1.03. The average Bonchev–Trinajstić information content (AvgIpc) is 3.17. The molecule has 0 radical (unpaired) electrons. The Morgan fingerprint density at radius 2 is 1.77 bits per heavy atom. The summed E-state index contributed by atoms with van der Waals surface area (Å²) in [6.07, 6.45) is 2.88. The fourth-order valence-electron chi connectivity index (χ4n) is 3.21. The molecule has 1 N–H and O–H groups in total. The van der Waals surface area contributed by atoms with E-state index in [0.29, 0.717) is 5.56 Å². The van der Waals surface area contributed by atoms with Crippen LogP contribution in [0.5, 0.6) is 0 Å². The lowest BCUT2D eigenvalue weighted by atomic mass is 9.85. The van der Waals surface area contributed by atoms with Crippen LogP contribution in [0.3, 0.4) is 0 Å². The molecule has 2 fully saturated rings. The number of amides is 3. The fraction of sp³-hybridized carbons (Fsp3) is 0.267. The fourth-order valence-corrected chi connectivity index (χ4v) is 3.61. The second-order valence-corrected chi connectivity index (χ2v) is 6.38. The van der Waals surface area contributed by atoms with Gasteiger partial charge in [0.25, 0.3) is 17.7 Å². The molecular weight excluding hydrogens is 352 g/mol. The number of hydrazine groups is 1. The summed E-state index contributed by atoms with van der Waals surface area (Å²) in [5, 5.41) is 0.841. The third-order valence-corrected chi connectivity index (χ3v) is 4.70. The number of rotatable bonds is 2. The van der Waals surface area contributed by atoms with Gasteiger partial charge in [0.2, 0.25) is 0 Å². The molecule has 7 heteroatoms. The van der Waals surface area contributed by atoms with E-state index in [1.807, 2.05) is 0 Å². The van der Waals surface area contributed by atoms with Gasteiger partial charge in [-0.2, -0.15) is 5.01 Å². The molecule has 3 aliphatic heterocycles. The van der Waals surface area contributed by atoms with Gasteiger partial charge in [0.05, 0.1) is 24.0 Å². The van der Waals surface area contributed by atoms with Crippen LogP contribution in [-0.2, 0) is 14.3 Å². The van der Waals surface area contributed by atoms with Gasteiger partial charge in [-0.1, -0.05) is 34.1 Å². The second-order valence-electron chi connectivity index (χ2n) is 5.46. The minimum Gasteiger partial charge on any atom is -0.365 e. The van der Waals surface area contributed by atoms with E-state index < -0.39 is 29.6 Å². The van der Waals surface area contributed by atoms with Gasteiger partial charge in [-0.25, -0.2) is 0 Å². The molecule has 0 aliphatic carbocycles. The number of halogens is 1. The van der Waals surface area contributed by atoms with E-state index in [9.17, 15) is 14.4 Å². The van der Waals surface area contributed by atoms with Crippen molar-refractivity contribution in [2.24, 2.45) is 11.8 Å². The Labute approximate surface area is 134 Å². The molecule has 3 heterocycles. The Morgan fingerprint density at radius 3 is 2.36 bits per heavy atom. The summed E-state index contributed by atoms with van der Waals surface area (Å²) in [5.41, 5.74) is 2.78. The molecule has 112 valence electrons. The van der Waals surface area contributed by atoms with Crippen LogP contribution in [0.1, 0.15) is 10.4 Å². The van der Waals surface area contributed by atoms with Crippen LogP contribution >= 0.6 is 15.9 Å². The molecular formula is C15H11BrN2O4. The summed E-state index contributed by atoms with van der Waals surface area (Å²) in [7, 11) is 0. The lowest BCUT2D eigenvalue weighted by Crippen LogP contribution is -2.47. The molecule has 0 spiro atoms. The highest BCUT2D eigenvalue weighted by Gasteiger charge is 2.61. The normalized spacial score (nSPS) is 31.8. The van der Waals surface area contributed by atoms with Gasteiger partial charge in [-0.15, -0.1) is 0 Å². The van der Waals surface area contributed by atoms with Crippen molar-refractivity contribution in [2.45, 2.75) is 12.2 Å². The number of hydrogen-bond acceptors (Lipinski definition) is 4. The predicted molar refractivity (Wildman–Crippen MR) is 78.2 cm³/mol. The zero-order valence-corrected chi connectivity index (χ0v) is 12.8. The first-order chi connectivity index (χ1) is 10.6. The number of carbonyl (C=O) groups is 3. The minimum absolute atomic E-state index is 0.362. The molecule has 3 amide bonds. The Kier molecular flexibility index (Phi) is 2.95. The first kappa shape index (κ1) is 13.7. The van der Waals surface area contributed by atoms with Crippen LogP contribution in [0, 0.1) is 11.8 Å². The molecule has 0 saturated carbocycles. The SMILES string of the molecule is O=C(NN1C(=O)[C@@H]2[C@@H](C1=O)[C@H]1C=C[C@@H]2O1)c1cccc(Br)c1. The maximum atomic E-state index is 12.4. The van der Waals surface area contributed by atoms with Crippen LogP contribution in [0.4, 0.5) is 0 Å². The van der Waals surface area contributed by atoms with E-state index in [2.05, 4.69) is 21.4 Å². The van der Waals surface area contributed by atoms with Gasteiger partial charge < -0.3 is 4.74 Å². The van der Waals surface area contributed by atoms with E-state index in [-0.39, 0.29) is 12.2 Å². The average molecular weight is 363 g/mol. The summed E-state index contributed by atoms with van der Waals surface area (Å²) >= 11 is 3.28. The van der Waals surface area contributed by atoms with Gasteiger partial charge in [0.1, 0.15) is 0 Å². The van der Waals surface area contributed by atoms with Gasteiger partial charge in [0.15, 0.2) is 0 Å². The molecule has 1 aromatic rings. The number of hydrogen-bond donors (Lipinski definition) is 1. The molecule has 0 unspecified atom stereocenters. The van der Waals surface area contributed by atoms with Crippen LogP contribution in [-0.4, -0.2) is 34.9 Å². The number of carbonyl (C=O) groups excluding carboxylic acids is 3. The maximum absolute atomic E-state index is 12.4. The van der Waals surface area contributed by atoms with Crippen molar-refractivity contribution >= 4 is 33.7 Å². The van der Waals surface area contributed by atoms with Crippen LogP contribution in [0.15, 0.2) is 40.9 Å². The number of imide groups is 1. The smallest absolute Gasteiger partial charge is 0.270 e. The molecule has 4 atom stereocenters. The molecule has 2 bridgehead atoms. The van der Waals surface area contributed by atoms with Crippen molar-refractivity contribution in [3.8, 4) is 0 Å². The van der Waals surface area contributed by atoms with E-state index in [1.165, 1.54) is 0 Å². The Bertz CT molecular complexity index is 702. The molecule has 6 nitrogen and oxygen atoms in total. The summed E-state index contributed by atoms with van der Waals surface area (Å²) in [6.45, 7) is 0. The zero-order chi connectivity index (χ0) is 15.4. The van der Waals surface area contributed by atoms with Crippen molar-refractivity contribution in [3.63, 3.8) is 0 Å². The summed E-state index contributed by atoms with van der Waals surface area (Å²) in [5.74, 6) is -2.36. The van der Waals surface area contributed by atoms with Crippen LogP contribution in [0.25, 0.3) is 0 Å². The van der Waals surface area contributed by atoms with Crippen molar-refractivity contribution in [2.75, 3.05) is 0 Å². The minimum atomic E-state index is -0.523. The zero-order valence-electron chi connectivity index (χ0n) is 11.2. The number of fused-ring (bicyclic) bond motifs is 5. The number of ether oxygens (including phenoxy) is 1. The van der Waals surface area contributed by atoms with E-state index in [0.717, 1.165) is 9.48 Å². The third-order valence-electron chi connectivity index (χ3n) is 4.21. The highest BCUT2D eigenvalue weighted by molar-refractivity contribution is 9.10. The highest BCUT2D eigenvalue weighted by atomic mass is 79.9. The number of nitrogens with one attached hydrogen (secondary N) is 1. The lowest BCUT2D eigenvalue weighted by molar-refractivity contribution is -0.145. The van der Waals surface area contributed by atoms with E-state index >= 15 is 0 Å². The second kappa shape index (κ2) is 4.76. The van der Waals surface area contributed by atoms with Crippen LogP contribution in [0.2, 0.25) is 0 Å². The van der Waals surface area contributed by atoms with Gasteiger partial charge in [0, 0.05) is 10.0 Å². The van der Waals surface area contributed by atoms with Crippen molar-refractivity contribution in [1.82, 2.24) is 10.4 Å². The standard InChI is InChI=1S/C15H11BrN2O4/c16-8-3-1-2-7(6-8)13(19)17-18-14(20)11-9-4-5-10(22-9)12(11)15(18)21/h1-6,9-12H,(H,17,19)/t9-,10+,11-,12-/m0/s1. The quantitative estimate of drug-likeness (QED) is 0.629. The molecule has 1 aromatic carbocycles. The Hall–Kier alpha value is -1.99. The van der Waals surface area contributed by atoms with Crippen LogP contribution < -0.4 is 5.43 Å². The van der Waals surface area contributed by atoms with Gasteiger partial charge in [-0.3, -0.25) is 19.8 Å². The molecule has 4 rings (SSSR count). The topological polar surface area (TPSA) is 75.7 Å². The monoisotopic (exact) mass is 362 g/mol. The first-order valence-corrected chi connectivity index (χ1v) is 7.64. The first-order valence-electron chi connectivity index (χ1n) is 6.84. The molecule has 22 heavy (non-hydrogen) atoms. The summed E-state index contributed by atoms with van der Waals surface area (Å²) in [6, 6.07) is 6.73. The number of nitrogens with zero attached hydrogens (tertiary/aromatic N) is 1. The van der Waals surface area contributed by atoms with Crippen molar-refractivity contribution < 1.29 is 19.1 Å². The van der Waals surface area contributed by atoms with E-state index in [1.54, 1.807) is 36.4 Å². The number of benzene rings is 1. The summed E-state index contributed by atoms with van der Waals surface area (Å²) < 4.78 is 6.28. The van der Waals surface area contributed by atoms with Gasteiger partial charge in [-0.05, 0) is 18.2 Å². The molecule has 2 saturated heterocycles. The maximum Gasteiger partial charge on any atom is 0.270 e. The third kappa shape index (κ3) is 1.85. The Morgan fingerprint density at radius 1 is 1.14 bits per heavy atom. The van der Waals surface area contributed by atoms with Crippen molar-refractivity contribution in [3.05, 3.63) is 46.5 Å². The highest BCUT2D eigenvalue weighted by Crippen LogP contribution is 2.44. The lowest BCUT2D eigenvalue weighted by Gasteiger charge is -2.18. The molecule has 3 aliphatic rings. The van der Waals surface area contributed by atoms with E-state index in [4.69, 9.17) is 4.74 Å².